The van der Waals surface area contributed by atoms with Crippen LogP contribution in [0.4, 0.5) is 17.1 Å². The lowest BCUT2D eigenvalue weighted by molar-refractivity contribution is 0.0980. The van der Waals surface area contributed by atoms with Gasteiger partial charge in [-0.1, -0.05) is 84.9 Å². The Labute approximate surface area is 214 Å². The average molecular weight is 483 g/mol. The van der Waals surface area contributed by atoms with Gasteiger partial charge in [0.15, 0.2) is 17.3 Å². The second-order valence-electron chi connectivity index (χ2n) is 8.77. The fraction of sp³-hybridized carbons (Fsp3) is 0. The van der Waals surface area contributed by atoms with E-state index in [4.69, 9.17) is 10.5 Å². The molecule has 6 rings (SSSR count). The molecule has 0 saturated carbocycles. The van der Waals surface area contributed by atoms with Crippen molar-refractivity contribution in [1.82, 2.24) is 0 Å². The van der Waals surface area contributed by atoms with Crippen molar-refractivity contribution in [3.63, 3.8) is 0 Å². The van der Waals surface area contributed by atoms with Crippen molar-refractivity contribution in [2.24, 2.45) is 0 Å². The molecule has 0 saturated heterocycles. The molecular formula is C32H22N2O3. The van der Waals surface area contributed by atoms with Crippen LogP contribution >= 0.6 is 0 Å². The van der Waals surface area contributed by atoms with Crippen LogP contribution in [0.1, 0.15) is 31.8 Å². The Morgan fingerprint density at radius 3 is 1.78 bits per heavy atom. The molecule has 0 amide bonds. The minimum Gasteiger partial charge on any atom is -0.455 e. The van der Waals surface area contributed by atoms with Crippen molar-refractivity contribution >= 4 is 28.6 Å². The number of anilines is 3. The van der Waals surface area contributed by atoms with Crippen molar-refractivity contribution in [2.45, 2.75) is 0 Å². The fourth-order valence-electron chi connectivity index (χ4n) is 4.63. The molecule has 1 aliphatic carbocycles. The number of nitrogens with one attached hydrogen (secondary N) is 1. The van der Waals surface area contributed by atoms with Gasteiger partial charge in [0.25, 0.3) is 0 Å². The summed E-state index contributed by atoms with van der Waals surface area (Å²) in [6, 6.07) is 35.6. The van der Waals surface area contributed by atoms with E-state index in [1.165, 1.54) is 0 Å². The van der Waals surface area contributed by atoms with E-state index < -0.39 is 0 Å². The fourth-order valence-corrected chi connectivity index (χ4v) is 4.63. The molecule has 0 unspecified atom stereocenters. The van der Waals surface area contributed by atoms with Gasteiger partial charge in [0.05, 0.1) is 22.5 Å². The molecule has 0 bridgehead atoms. The minimum atomic E-state index is -0.302. The SMILES string of the molecule is Nc1c(Oc2ccc(-c3ccccc3)cc2)cc(Nc2ccccc2)c2c1C(=O)c1ccccc1C2=O. The van der Waals surface area contributed by atoms with Crippen LogP contribution in [0.5, 0.6) is 11.5 Å². The van der Waals surface area contributed by atoms with Crippen molar-refractivity contribution < 1.29 is 14.3 Å². The molecule has 0 radical (unpaired) electrons. The minimum absolute atomic E-state index is 0.133. The predicted molar refractivity (Wildman–Crippen MR) is 146 cm³/mol. The summed E-state index contributed by atoms with van der Waals surface area (Å²) in [5.41, 5.74) is 11.1. The molecule has 3 N–H and O–H groups in total. The third-order valence-corrected chi connectivity index (χ3v) is 6.44. The molecule has 178 valence electrons. The highest BCUT2D eigenvalue weighted by molar-refractivity contribution is 6.32. The smallest absolute Gasteiger partial charge is 0.196 e. The number of fused-ring (bicyclic) bond motifs is 2. The third kappa shape index (κ3) is 4.02. The maximum atomic E-state index is 13.6. The first kappa shape index (κ1) is 22.3. The number of nitrogen functional groups attached to an aromatic ring is 1. The van der Waals surface area contributed by atoms with Gasteiger partial charge in [-0.25, -0.2) is 0 Å². The molecule has 5 aromatic rings. The summed E-state index contributed by atoms with van der Waals surface area (Å²) < 4.78 is 6.19. The standard InChI is InChI=1S/C32H22N2O3/c33-30-27(37-23-17-15-21(16-18-23)20-9-3-1-4-10-20)19-26(34-22-11-5-2-6-12-22)28-29(30)32(36)25-14-8-7-13-24(25)31(28)35/h1-19,34H,33H2. The first-order valence-corrected chi connectivity index (χ1v) is 11.9. The number of ketones is 2. The Morgan fingerprint density at radius 2 is 1.14 bits per heavy atom. The summed E-state index contributed by atoms with van der Waals surface area (Å²) in [6.07, 6.45) is 0. The molecule has 0 heterocycles. The molecule has 0 aliphatic heterocycles. The topological polar surface area (TPSA) is 81.4 Å². The van der Waals surface area contributed by atoms with Crippen LogP contribution in [-0.4, -0.2) is 11.6 Å². The van der Waals surface area contributed by atoms with Gasteiger partial charge in [0.2, 0.25) is 0 Å². The number of ether oxygens (including phenoxy) is 1. The molecule has 0 atom stereocenters. The van der Waals surface area contributed by atoms with Crippen LogP contribution in [0.15, 0.2) is 115 Å². The summed E-state index contributed by atoms with van der Waals surface area (Å²) in [5.74, 6) is 0.301. The average Bonchev–Trinajstić information content (AvgIpc) is 2.95. The lowest BCUT2D eigenvalue weighted by atomic mass is 9.82. The normalized spacial score (nSPS) is 12.0. The number of benzene rings is 5. The van der Waals surface area contributed by atoms with E-state index in [0.717, 1.165) is 16.8 Å². The van der Waals surface area contributed by atoms with Crippen LogP contribution in [0.25, 0.3) is 11.1 Å². The second-order valence-corrected chi connectivity index (χ2v) is 8.77. The lowest BCUT2D eigenvalue weighted by Gasteiger charge is -2.24. The highest BCUT2D eigenvalue weighted by atomic mass is 16.5. The van der Waals surface area contributed by atoms with Crippen molar-refractivity contribution in [3.8, 4) is 22.6 Å². The number of para-hydroxylation sites is 1. The molecule has 5 nitrogen and oxygen atoms in total. The van der Waals surface area contributed by atoms with Gasteiger partial charge >= 0.3 is 0 Å². The van der Waals surface area contributed by atoms with E-state index in [1.807, 2.05) is 84.9 Å². The van der Waals surface area contributed by atoms with E-state index in [2.05, 4.69) is 5.32 Å². The van der Waals surface area contributed by atoms with Crippen LogP contribution in [0.3, 0.4) is 0 Å². The molecule has 0 aromatic heterocycles. The Kier molecular flexibility index (Phi) is 5.51. The molecule has 1 aliphatic rings. The highest BCUT2D eigenvalue weighted by Gasteiger charge is 2.35. The van der Waals surface area contributed by atoms with Gasteiger partial charge in [-0.15, -0.1) is 0 Å². The summed E-state index contributed by atoms with van der Waals surface area (Å²) in [6.45, 7) is 0. The van der Waals surface area contributed by atoms with Crippen molar-refractivity contribution in [3.05, 3.63) is 138 Å². The molecule has 0 spiro atoms. The molecular weight excluding hydrogens is 460 g/mol. The zero-order valence-electron chi connectivity index (χ0n) is 19.8. The van der Waals surface area contributed by atoms with Gasteiger partial charge < -0.3 is 15.8 Å². The Balaban J connectivity index is 1.45. The monoisotopic (exact) mass is 482 g/mol. The van der Waals surface area contributed by atoms with E-state index >= 15 is 0 Å². The summed E-state index contributed by atoms with van der Waals surface area (Å²) in [7, 11) is 0. The largest absolute Gasteiger partial charge is 0.455 e. The van der Waals surface area contributed by atoms with Gasteiger partial charge in [-0.3, -0.25) is 9.59 Å². The molecule has 37 heavy (non-hydrogen) atoms. The maximum absolute atomic E-state index is 13.6. The summed E-state index contributed by atoms with van der Waals surface area (Å²) in [5, 5.41) is 3.29. The molecule has 0 fully saturated rings. The van der Waals surface area contributed by atoms with E-state index in [9.17, 15) is 9.59 Å². The Hall–Kier alpha value is -5.16. The van der Waals surface area contributed by atoms with E-state index in [1.54, 1.807) is 30.3 Å². The summed E-state index contributed by atoms with van der Waals surface area (Å²) >= 11 is 0. The molecule has 5 heteroatoms. The Morgan fingerprint density at radius 1 is 0.595 bits per heavy atom. The van der Waals surface area contributed by atoms with Crippen LogP contribution in [0, 0.1) is 0 Å². The highest BCUT2D eigenvalue weighted by Crippen LogP contribution is 2.43. The predicted octanol–water partition coefficient (Wildman–Crippen LogP) is 7.25. The second kappa shape index (κ2) is 9.13. The quantitative estimate of drug-likeness (QED) is 0.253. The van der Waals surface area contributed by atoms with E-state index in [-0.39, 0.29) is 28.4 Å². The van der Waals surface area contributed by atoms with Crippen LogP contribution in [0.2, 0.25) is 0 Å². The number of carbonyl (C=O) groups excluding carboxylic acids is 2. The van der Waals surface area contributed by atoms with Gasteiger partial charge in [0, 0.05) is 22.9 Å². The number of hydrogen-bond donors (Lipinski definition) is 2. The van der Waals surface area contributed by atoms with Crippen LogP contribution < -0.4 is 15.8 Å². The van der Waals surface area contributed by atoms with E-state index in [0.29, 0.717) is 28.3 Å². The zero-order chi connectivity index (χ0) is 25.4. The first-order valence-electron chi connectivity index (χ1n) is 11.9. The maximum Gasteiger partial charge on any atom is 0.196 e. The third-order valence-electron chi connectivity index (χ3n) is 6.44. The van der Waals surface area contributed by atoms with Gasteiger partial charge in [0.1, 0.15) is 5.75 Å². The molecule has 5 aromatic carbocycles. The van der Waals surface area contributed by atoms with Crippen molar-refractivity contribution in [1.29, 1.82) is 0 Å². The number of nitrogens with two attached hydrogens (primary N) is 1. The Bertz CT molecular complexity index is 1640. The van der Waals surface area contributed by atoms with Gasteiger partial charge in [-0.05, 0) is 35.4 Å². The number of hydrogen-bond acceptors (Lipinski definition) is 5. The number of carbonyl (C=O) groups is 2. The van der Waals surface area contributed by atoms with Gasteiger partial charge in [-0.2, -0.15) is 0 Å². The zero-order valence-corrected chi connectivity index (χ0v) is 19.8. The van der Waals surface area contributed by atoms with Crippen LogP contribution in [-0.2, 0) is 0 Å². The van der Waals surface area contributed by atoms with Crippen molar-refractivity contribution in [2.75, 3.05) is 11.1 Å². The lowest BCUT2D eigenvalue weighted by Crippen LogP contribution is -2.24. The number of rotatable bonds is 5. The first-order chi connectivity index (χ1) is 18.1. The summed E-state index contributed by atoms with van der Waals surface area (Å²) in [4.78, 5) is 27.1.